The molecule has 0 spiro atoms. The van der Waals surface area contributed by atoms with Crippen molar-refractivity contribution < 1.29 is 0 Å². The first-order valence-electron chi connectivity index (χ1n) is 3.20. The van der Waals surface area contributed by atoms with Crippen molar-refractivity contribution >= 4 is 28.3 Å². The molecule has 56 valence electrons. The standard InChI is InChI=1S/C6H12BrN.ClH/c7-3-1-6-2-4-8-5-6;/h6,8H,1-5H2;1H/t6-;/m0./s1. The third-order valence-corrected chi connectivity index (χ3v) is 2.14. The van der Waals surface area contributed by atoms with E-state index in [9.17, 15) is 0 Å². The van der Waals surface area contributed by atoms with Gasteiger partial charge in [0, 0.05) is 5.33 Å². The average molecular weight is 215 g/mol. The molecule has 0 aliphatic carbocycles. The van der Waals surface area contributed by atoms with Crippen LogP contribution in [-0.4, -0.2) is 18.4 Å². The molecule has 9 heavy (non-hydrogen) atoms. The zero-order valence-corrected chi connectivity index (χ0v) is 7.80. The maximum absolute atomic E-state index is 3.43. The summed E-state index contributed by atoms with van der Waals surface area (Å²) in [5.41, 5.74) is 0. The molecule has 3 heteroatoms. The molecule has 1 nitrogen and oxygen atoms in total. The van der Waals surface area contributed by atoms with Crippen molar-refractivity contribution in [3.63, 3.8) is 0 Å². The molecule has 0 aromatic carbocycles. The number of nitrogens with one attached hydrogen (secondary N) is 1. The third-order valence-electron chi connectivity index (χ3n) is 1.68. The van der Waals surface area contributed by atoms with Gasteiger partial charge in [-0.3, -0.25) is 0 Å². The smallest absolute Gasteiger partial charge is 0.00344 e. The molecule has 1 rings (SSSR count). The van der Waals surface area contributed by atoms with E-state index in [1.54, 1.807) is 0 Å². The second-order valence-electron chi connectivity index (χ2n) is 2.34. The Morgan fingerprint density at radius 1 is 1.56 bits per heavy atom. The van der Waals surface area contributed by atoms with Crippen LogP contribution in [0, 0.1) is 5.92 Å². The highest BCUT2D eigenvalue weighted by molar-refractivity contribution is 9.09. The highest BCUT2D eigenvalue weighted by Crippen LogP contribution is 2.12. The Hall–Kier alpha value is 0.730. The van der Waals surface area contributed by atoms with Crippen molar-refractivity contribution in [2.75, 3.05) is 18.4 Å². The lowest BCUT2D eigenvalue weighted by atomic mass is 10.1. The molecule has 1 N–H and O–H groups in total. The molecule has 1 fully saturated rings. The van der Waals surface area contributed by atoms with Crippen molar-refractivity contribution in [3.8, 4) is 0 Å². The Bertz CT molecular complexity index is 64.1. The van der Waals surface area contributed by atoms with Crippen molar-refractivity contribution in [3.05, 3.63) is 0 Å². The molecule has 1 saturated heterocycles. The van der Waals surface area contributed by atoms with Crippen LogP contribution in [0.3, 0.4) is 0 Å². The molecule has 1 atom stereocenters. The molecule has 0 radical (unpaired) electrons. The number of hydrogen-bond donors (Lipinski definition) is 1. The second-order valence-corrected chi connectivity index (χ2v) is 3.13. The molecule has 1 aliphatic heterocycles. The summed E-state index contributed by atoms with van der Waals surface area (Å²) in [7, 11) is 0. The fourth-order valence-electron chi connectivity index (χ4n) is 1.12. The zero-order valence-electron chi connectivity index (χ0n) is 5.40. The molecule has 0 aromatic rings. The van der Waals surface area contributed by atoms with E-state index in [4.69, 9.17) is 0 Å². The second kappa shape index (κ2) is 5.51. The van der Waals surface area contributed by atoms with Crippen molar-refractivity contribution in [1.82, 2.24) is 5.32 Å². The summed E-state index contributed by atoms with van der Waals surface area (Å²) >= 11 is 3.43. The number of alkyl halides is 1. The summed E-state index contributed by atoms with van der Waals surface area (Å²) in [6, 6.07) is 0. The van der Waals surface area contributed by atoms with Gasteiger partial charge < -0.3 is 5.32 Å². The summed E-state index contributed by atoms with van der Waals surface area (Å²) < 4.78 is 0. The van der Waals surface area contributed by atoms with Crippen LogP contribution in [0.2, 0.25) is 0 Å². The molecular weight excluding hydrogens is 201 g/mol. The third kappa shape index (κ3) is 3.43. The molecule has 0 amide bonds. The van der Waals surface area contributed by atoms with E-state index in [1.165, 1.54) is 31.3 Å². The molecular formula is C6H13BrClN. The van der Waals surface area contributed by atoms with Crippen molar-refractivity contribution in [2.45, 2.75) is 12.8 Å². The minimum Gasteiger partial charge on any atom is -0.316 e. The monoisotopic (exact) mass is 213 g/mol. The fraction of sp³-hybridized carbons (Fsp3) is 1.00. The van der Waals surface area contributed by atoms with Gasteiger partial charge in [0.15, 0.2) is 0 Å². The zero-order chi connectivity index (χ0) is 5.82. The lowest BCUT2D eigenvalue weighted by molar-refractivity contribution is 0.569. The molecule has 0 saturated carbocycles. The van der Waals surface area contributed by atoms with Gasteiger partial charge in [0.1, 0.15) is 0 Å². The van der Waals surface area contributed by atoms with Crippen LogP contribution >= 0.6 is 28.3 Å². The SMILES string of the molecule is BrCC[C@H]1CCNC1.Cl. The van der Waals surface area contributed by atoms with Gasteiger partial charge in [-0.2, -0.15) is 0 Å². The van der Waals surface area contributed by atoms with E-state index in [2.05, 4.69) is 21.2 Å². The normalized spacial score (nSPS) is 25.7. The van der Waals surface area contributed by atoms with Gasteiger partial charge in [-0.15, -0.1) is 12.4 Å². The lowest BCUT2D eigenvalue weighted by Gasteiger charge is -2.01. The van der Waals surface area contributed by atoms with Gasteiger partial charge in [0.05, 0.1) is 0 Å². The summed E-state index contributed by atoms with van der Waals surface area (Å²) in [5, 5.41) is 4.50. The summed E-state index contributed by atoms with van der Waals surface area (Å²) in [6.45, 7) is 2.48. The van der Waals surface area contributed by atoms with E-state index < -0.39 is 0 Å². The van der Waals surface area contributed by atoms with E-state index >= 15 is 0 Å². The number of hydrogen-bond acceptors (Lipinski definition) is 1. The van der Waals surface area contributed by atoms with E-state index in [1.807, 2.05) is 0 Å². The number of halogens is 2. The van der Waals surface area contributed by atoms with Crippen LogP contribution in [0.15, 0.2) is 0 Å². The summed E-state index contributed by atoms with van der Waals surface area (Å²) in [5.74, 6) is 0.953. The summed E-state index contributed by atoms with van der Waals surface area (Å²) in [4.78, 5) is 0. The molecule has 0 bridgehead atoms. The largest absolute Gasteiger partial charge is 0.316 e. The highest BCUT2D eigenvalue weighted by Gasteiger charge is 2.12. The Kier molecular flexibility index (Phi) is 5.96. The first-order valence-corrected chi connectivity index (χ1v) is 4.32. The van der Waals surface area contributed by atoms with Crippen LogP contribution < -0.4 is 5.32 Å². The van der Waals surface area contributed by atoms with Gasteiger partial charge in [0.25, 0.3) is 0 Å². The minimum atomic E-state index is 0. The van der Waals surface area contributed by atoms with Crippen LogP contribution in [0.1, 0.15) is 12.8 Å². The van der Waals surface area contributed by atoms with Crippen LogP contribution in [0.4, 0.5) is 0 Å². The van der Waals surface area contributed by atoms with Gasteiger partial charge in [-0.05, 0) is 31.8 Å². The molecule has 1 aliphatic rings. The van der Waals surface area contributed by atoms with Gasteiger partial charge in [-0.1, -0.05) is 15.9 Å². The van der Waals surface area contributed by atoms with Gasteiger partial charge in [0.2, 0.25) is 0 Å². The quantitative estimate of drug-likeness (QED) is 0.692. The predicted molar refractivity (Wildman–Crippen MR) is 46.6 cm³/mol. The van der Waals surface area contributed by atoms with Gasteiger partial charge in [-0.25, -0.2) is 0 Å². The van der Waals surface area contributed by atoms with Crippen LogP contribution in [0.5, 0.6) is 0 Å². The fourth-order valence-corrected chi connectivity index (χ4v) is 1.76. The van der Waals surface area contributed by atoms with E-state index in [0.29, 0.717) is 0 Å². The maximum Gasteiger partial charge on any atom is 0.00344 e. The van der Waals surface area contributed by atoms with Crippen LogP contribution in [0.25, 0.3) is 0 Å². The van der Waals surface area contributed by atoms with Crippen molar-refractivity contribution in [2.24, 2.45) is 5.92 Å². The first-order chi connectivity index (χ1) is 3.93. The molecule has 0 unspecified atom stereocenters. The number of rotatable bonds is 2. The topological polar surface area (TPSA) is 12.0 Å². The highest BCUT2D eigenvalue weighted by atomic mass is 79.9. The van der Waals surface area contributed by atoms with Crippen LogP contribution in [-0.2, 0) is 0 Å². The Balaban J connectivity index is 0.000000640. The van der Waals surface area contributed by atoms with E-state index in [-0.39, 0.29) is 12.4 Å². The Morgan fingerprint density at radius 2 is 2.33 bits per heavy atom. The van der Waals surface area contributed by atoms with E-state index in [0.717, 1.165) is 5.92 Å². The van der Waals surface area contributed by atoms with Gasteiger partial charge >= 0.3 is 0 Å². The Labute approximate surface area is 71.1 Å². The minimum absolute atomic E-state index is 0. The first kappa shape index (κ1) is 9.73. The molecule has 1 heterocycles. The molecule has 0 aromatic heterocycles. The van der Waals surface area contributed by atoms with Crippen molar-refractivity contribution in [1.29, 1.82) is 0 Å². The average Bonchev–Trinajstić information content (AvgIpc) is 2.19. The maximum atomic E-state index is 3.43. The summed E-state index contributed by atoms with van der Waals surface area (Å²) in [6.07, 6.45) is 2.72. The lowest BCUT2D eigenvalue weighted by Crippen LogP contribution is -2.08. The predicted octanol–water partition coefficient (Wildman–Crippen LogP) is 1.80. The Morgan fingerprint density at radius 3 is 2.78 bits per heavy atom.